The second-order valence-electron chi connectivity index (χ2n) is 7.98. The summed E-state index contributed by atoms with van der Waals surface area (Å²) in [4.78, 5) is 31.3. The maximum Gasteiger partial charge on any atom is 0.227 e. The molecule has 1 unspecified atom stereocenters. The van der Waals surface area contributed by atoms with Gasteiger partial charge in [-0.1, -0.05) is 48.3 Å². The van der Waals surface area contributed by atoms with Gasteiger partial charge < -0.3 is 14.7 Å². The first-order valence-electron chi connectivity index (χ1n) is 10.6. The van der Waals surface area contributed by atoms with Crippen molar-refractivity contribution in [2.75, 3.05) is 6.54 Å². The van der Waals surface area contributed by atoms with Gasteiger partial charge >= 0.3 is 0 Å². The largest absolute Gasteiger partial charge is 0.352 e. The Morgan fingerprint density at radius 2 is 1.90 bits per heavy atom. The van der Waals surface area contributed by atoms with E-state index in [9.17, 15) is 9.59 Å². The van der Waals surface area contributed by atoms with Crippen molar-refractivity contribution in [1.29, 1.82) is 0 Å². The van der Waals surface area contributed by atoms with Gasteiger partial charge in [-0.3, -0.25) is 9.59 Å². The predicted octanol–water partition coefficient (Wildman–Crippen LogP) is 3.17. The van der Waals surface area contributed by atoms with Crippen molar-refractivity contribution in [3.63, 3.8) is 0 Å². The summed E-state index contributed by atoms with van der Waals surface area (Å²) in [5.41, 5.74) is 1.06. The van der Waals surface area contributed by atoms with Crippen LogP contribution in [0.1, 0.15) is 68.3 Å². The highest BCUT2D eigenvalue weighted by Gasteiger charge is 2.37. The summed E-state index contributed by atoms with van der Waals surface area (Å²) in [6.45, 7) is 1.28. The molecular formula is C22H28N4O3. The fraction of sp³-hybridized carbons (Fsp3) is 0.545. The summed E-state index contributed by atoms with van der Waals surface area (Å²) < 4.78 is 5.36. The zero-order chi connectivity index (χ0) is 20.1. The third-order valence-corrected chi connectivity index (χ3v) is 5.92. The van der Waals surface area contributed by atoms with Gasteiger partial charge in [0.25, 0.3) is 0 Å². The number of aromatic nitrogens is 2. The zero-order valence-corrected chi connectivity index (χ0v) is 16.7. The van der Waals surface area contributed by atoms with Crippen molar-refractivity contribution in [3.8, 4) is 0 Å². The van der Waals surface area contributed by atoms with Crippen LogP contribution in [-0.2, 0) is 22.6 Å². The van der Waals surface area contributed by atoms with Crippen molar-refractivity contribution >= 4 is 11.8 Å². The summed E-state index contributed by atoms with van der Waals surface area (Å²) >= 11 is 0. The van der Waals surface area contributed by atoms with Crippen LogP contribution in [0.15, 0.2) is 34.9 Å². The molecule has 2 amide bonds. The van der Waals surface area contributed by atoms with Crippen molar-refractivity contribution in [2.45, 2.75) is 64.0 Å². The van der Waals surface area contributed by atoms with Crippen LogP contribution in [0.2, 0.25) is 0 Å². The van der Waals surface area contributed by atoms with E-state index in [1.165, 1.54) is 0 Å². The Bertz CT molecular complexity index is 830. The molecular weight excluding hydrogens is 368 g/mol. The number of hydrogen-bond acceptors (Lipinski definition) is 5. The highest BCUT2D eigenvalue weighted by molar-refractivity contribution is 5.79. The lowest BCUT2D eigenvalue weighted by Gasteiger charge is -2.25. The summed E-state index contributed by atoms with van der Waals surface area (Å²) in [7, 11) is 0. The molecule has 1 atom stereocenters. The lowest BCUT2D eigenvalue weighted by Crippen LogP contribution is -2.35. The van der Waals surface area contributed by atoms with Crippen LogP contribution < -0.4 is 5.32 Å². The summed E-state index contributed by atoms with van der Waals surface area (Å²) in [5.74, 6) is 1.39. The Labute approximate surface area is 170 Å². The molecule has 2 aliphatic rings. The maximum absolute atomic E-state index is 12.8. The third kappa shape index (κ3) is 4.83. The topological polar surface area (TPSA) is 88.3 Å². The molecule has 1 aromatic heterocycles. The number of carbonyl (C=O) groups is 2. The first-order valence-corrected chi connectivity index (χ1v) is 10.6. The Hall–Kier alpha value is -2.70. The Morgan fingerprint density at radius 3 is 2.69 bits per heavy atom. The molecule has 7 nitrogen and oxygen atoms in total. The van der Waals surface area contributed by atoms with Gasteiger partial charge in [-0.2, -0.15) is 4.98 Å². The summed E-state index contributed by atoms with van der Waals surface area (Å²) in [6.07, 6.45) is 6.82. The van der Waals surface area contributed by atoms with Crippen LogP contribution in [0, 0.1) is 5.92 Å². The predicted molar refractivity (Wildman–Crippen MR) is 107 cm³/mol. The highest BCUT2D eigenvalue weighted by atomic mass is 16.5. The quantitative estimate of drug-likeness (QED) is 0.777. The zero-order valence-electron chi connectivity index (χ0n) is 16.7. The standard InChI is InChI=1S/C22H28N4O3/c27-19(23-15-16-7-2-1-3-8-16)12-13-20-24-21(25-29-20)18-11-6-14-26(18)22(28)17-9-4-5-10-17/h1-3,7-8,17-18H,4-6,9-15H2,(H,23,27). The monoisotopic (exact) mass is 396 g/mol. The number of likely N-dealkylation sites (tertiary alicyclic amines) is 1. The molecule has 0 spiro atoms. The average molecular weight is 396 g/mol. The van der Waals surface area contributed by atoms with E-state index in [0.29, 0.717) is 31.1 Å². The number of nitrogens with one attached hydrogen (secondary N) is 1. The van der Waals surface area contributed by atoms with E-state index in [1.807, 2.05) is 35.2 Å². The minimum absolute atomic E-state index is 0.0486. The van der Waals surface area contributed by atoms with E-state index in [-0.39, 0.29) is 23.8 Å². The van der Waals surface area contributed by atoms with Gasteiger partial charge in [-0.15, -0.1) is 0 Å². The first-order chi connectivity index (χ1) is 14.2. The Kier molecular flexibility index (Phi) is 6.22. The van der Waals surface area contributed by atoms with Crippen LogP contribution in [0.25, 0.3) is 0 Å². The molecule has 29 heavy (non-hydrogen) atoms. The maximum atomic E-state index is 12.8. The van der Waals surface area contributed by atoms with Crippen LogP contribution >= 0.6 is 0 Å². The van der Waals surface area contributed by atoms with Crippen molar-refractivity contribution in [3.05, 3.63) is 47.6 Å². The number of rotatable bonds is 7. The number of benzene rings is 1. The van der Waals surface area contributed by atoms with E-state index >= 15 is 0 Å². The Morgan fingerprint density at radius 1 is 1.10 bits per heavy atom. The number of carbonyl (C=O) groups excluding carboxylic acids is 2. The lowest BCUT2D eigenvalue weighted by atomic mass is 10.1. The van der Waals surface area contributed by atoms with Crippen molar-refractivity contribution < 1.29 is 14.1 Å². The molecule has 0 radical (unpaired) electrons. The van der Waals surface area contributed by atoms with E-state index < -0.39 is 0 Å². The lowest BCUT2D eigenvalue weighted by molar-refractivity contribution is -0.136. The molecule has 2 fully saturated rings. The smallest absolute Gasteiger partial charge is 0.227 e. The van der Waals surface area contributed by atoms with Gasteiger partial charge in [0.05, 0.1) is 6.04 Å². The van der Waals surface area contributed by atoms with E-state index in [0.717, 1.165) is 50.6 Å². The van der Waals surface area contributed by atoms with Crippen molar-refractivity contribution in [2.24, 2.45) is 5.92 Å². The fourth-order valence-electron chi connectivity index (χ4n) is 4.32. The SMILES string of the molecule is O=C(CCc1nc(C2CCCN2C(=O)C2CCCC2)no1)NCc1ccccc1. The molecule has 0 bridgehead atoms. The second-order valence-corrected chi connectivity index (χ2v) is 7.98. The van der Waals surface area contributed by atoms with Gasteiger partial charge in [0.2, 0.25) is 17.7 Å². The van der Waals surface area contributed by atoms with Gasteiger partial charge in [0.15, 0.2) is 5.82 Å². The highest BCUT2D eigenvalue weighted by Crippen LogP contribution is 2.35. The molecule has 154 valence electrons. The summed E-state index contributed by atoms with van der Waals surface area (Å²) in [6, 6.07) is 9.71. The van der Waals surface area contributed by atoms with Gasteiger partial charge in [0, 0.05) is 31.8 Å². The van der Waals surface area contributed by atoms with E-state index in [1.54, 1.807) is 0 Å². The third-order valence-electron chi connectivity index (χ3n) is 5.92. The average Bonchev–Trinajstić information content (AvgIpc) is 3.52. The molecule has 1 aromatic carbocycles. The van der Waals surface area contributed by atoms with Gasteiger partial charge in [-0.05, 0) is 31.2 Å². The Balaban J connectivity index is 1.28. The molecule has 7 heteroatoms. The van der Waals surface area contributed by atoms with Gasteiger partial charge in [0.1, 0.15) is 0 Å². The van der Waals surface area contributed by atoms with Crippen LogP contribution in [-0.4, -0.2) is 33.4 Å². The fourth-order valence-corrected chi connectivity index (χ4v) is 4.32. The molecule has 1 aliphatic heterocycles. The van der Waals surface area contributed by atoms with Crippen LogP contribution in [0.3, 0.4) is 0 Å². The number of nitrogens with zero attached hydrogens (tertiary/aromatic N) is 3. The molecule has 4 rings (SSSR count). The minimum atomic E-state index is -0.0903. The van der Waals surface area contributed by atoms with Crippen molar-refractivity contribution in [1.82, 2.24) is 20.4 Å². The van der Waals surface area contributed by atoms with E-state index in [4.69, 9.17) is 4.52 Å². The number of amides is 2. The molecule has 1 saturated heterocycles. The molecule has 1 aliphatic carbocycles. The second kappa shape index (κ2) is 9.20. The van der Waals surface area contributed by atoms with Crippen LogP contribution in [0.5, 0.6) is 0 Å². The van der Waals surface area contributed by atoms with E-state index in [2.05, 4.69) is 15.5 Å². The first kappa shape index (κ1) is 19.6. The number of aryl methyl sites for hydroxylation is 1. The molecule has 1 saturated carbocycles. The number of hydrogen-bond donors (Lipinski definition) is 1. The molecule has 2 aromatic rings. The minimum Gasteiger partial charge on any atom is -0.352 e. The molecule has 2 heterocycles. The van der Waals surface area contributed by atoms with Crippen LogP contribution in [0.4, 0.5) is 0 Å². The van der Waals surface area contributed by atoms with Gasteiger partial charge in [-0.25, -0.2) is 0 Å². The molecule has 1 N–H and O–H groups in total. The summed E-state index contributed by atoms with van der Waals surface area (Å²) in [5, 5.41) is 7.02. The normalized spacial score (nSPS) is 19.6.